The first kappa shape index (κ1) is 13.5. The molecule has 0 spiro atoms. The molecular formula is C16H11ClO4. The van der Waals surface area contributed by atoms with Crippen LogP contribution in [0.2, 0.25) is 5.22 Å². The molecule has 3 aromatic rings. The highest BCUT2D eigenvalue weighted by atomic mass is 35.5. The number of carboxylic acids is 1. The maximum Gasteiger partial charge on any atom is 0.339 e. The van der Waals surface area contributed by atoms with Crippen LogP contribution in [0.4, 0.5) is 0 Å². The minimum atomic E-state index is -1.17. The number of furan rings is 1. The van der Waals surface area contributed by atoms with E-state index in [4.69, 9.17) is 21.1 Å². The number of carbonyl (C=O) groups is 1. The number of fused-ring (bicyclic) bond motifs is 1. The fraction of sp³-hybridized carbons (Fsp3) is 0.0625. The van der Waals surface area contributed by atoms with Gasteiger partial charge in [-0.05, 0) is 53.9 Å². The molecule has 106 valence electrons. The first-order valence-electron chi connectivity index (χ1n) is 6.22. The molecule has 0 aliphatic heterocycles. The maximum atomic E-state index is 10.9. The smallest absolute Gasteiger partial charge is 0.339 e. The van der Waals surface area contributed by atoms with Crippen LogP contribution in [0.15, 0.2) is 40.8 Å². The van der Waals surface area contributed by atoms with Gasteiger partial charge in [0.2, 0.25) is 0 Å². The minimum absolute atomic E-state index is 0.139. The normalized spacial score (nSPS) is 11.0. The Morgan fingerprint density at radius 3 is 2.62 bits per heavy atom. The van der Waals surface area contributed by atoms with Crippen LogP contribution in [0.25, 0.3) is 22.1 Å². The average molecular weight is 303 g/mol. The van der Waals surface area contributed by atoms with E-state index in [-0.39, 0.29) is 16.5 Å². The summed E-state index contributed by atoms with van der Waals surface area (Å²) < 4.78 is 5.49. The van der Waals surface area contributed by atoms with Crippen molar-refractivity contribution in [2.75, 3.05) is 0 Å². The third kappa shape index (κ3) is 2.34. The van der Waals surface area contributed by atoms with Gasteiger partial charge in [-0.2, -0.15) is 0 Å². The Balaban J connectivity index is 2.25. The van der Waals surface area contributed by atoms with E-state index in [2.05, 4.69) is 0 Å². The lowest BCUT2D eigenvalue weighted by Crippen LogP contribution is -1.96. The Kier molecular flexibility index (Phi) is 3.11. The molecule has 0 amide bonds. The number of aromatic hydroxyl groups is 1. The zero-order chi connectivity index (χ0) is 15.1. The van der Waals surface area contributed by atoms with Crippen LogP contribution >= 0.6 is 11.6 Å². The molecule has 0 bridgehead atoms. The van der Waals surface area contributed by atoms with E-state index in [0.29, 0.717) is 11.1 Å². The van der Waals surface area contributed by atoms with Crippen molar-refractivity contribution in [2.24, 2.45) is 0 Å². The number of hydrogen-bond donors (Lipinski definition) is 2. The molecule has 0 aliphatic carbocycles. The van der Waals surface area contributed by atoms with Crippen molar-refractivity contribution >= 4 is 28.5 Å². The van der Waals surface area contributed by atoms with Gasteiger partial charge in [-0.15, -0.1) is 0 Å². The van der Waals surface area contributed by atoms with Crippen molar-refractivity contribution in [3.63, 3.8) is 0 Å². The molecule has 3 rings (SSSR count). The third-order valence-electron chi connectivity index (χ3n) is 3.27. The van der Waals surface area contributed by atoms with Gasteiger partial charge >= 0.3 is 5.97 Å². The van der Waals surface area contributed by atoms with Gasteiger partial charge in [-0.25, -0.2) is 4.79 Å². The third-order valence-corrected chi connectivity index (χ3v) is 3.46. The van der Waals surface area contributed by atoms with Crippen LogP contribution in [0.1, 0.15) is 15.9 Å². The number of hydrogen-bond acceptors (Lipinski definition) is 3. The molecule has 4 nitrogen and oxygen atoms in total. The van der Waals surface area contributed by atoms with Crippen LogP contribution in [0.5, 0.6) is 5.75 Å². The van der Waals surface area contributed by atoms with Gasteiger partial charge in [0, 0.05) is 17.0 Å². The molecule has 21 heavy (non-hydrogen) atoms. The molecule has 0 saturated carbocycles. The number of aromatic carboxylic acids is 1. The van der Waals surface area contributed by atoms with E-state index < -0.39 is 5.97 Å². The first-order valence-corrected chi connectivity index (χ1v) is 6.60. The van der Waals surface area contributed by atoms with Crippen LogP contribution in [0, 0.1) is 6.92 Å². The second kappa shape index (κ2) is 4.82. The van der Waals surface area contributed by atoms with E-state index in [1.165, 1.54) is 12.1 Å². The van der Waals surface area contributed by atoms with Gasteiger partial charge in [0.05, 0.1) is 0 Å². The summed E-state index contributed by atoms with van der Waals surface area (Å²) in [5, 5.41) is 19.9. The number of phenols is 1. The summed E-state index contributed by atoms with van der Waals surface area (Å²) >= 11 is 5.90. The Labute approximate surface area is 125 Å². The molecule has 0 saturated heterocycles. The summed E-state index contributed by atoms with van der Waals surface area (Å²) in [5.41, 5.74) is 2.89. The summed E-state index contributed by atoms with van der Waals surface area (Å²) in [4.78, 5) is 10.9. The highest BCUT2D eigenvalue weighted by Gasteiger charge is 2.14. The zero-order valence-electron chi connectivity index (χ0n) is 11.1. The predicted octanol–water partition coefficient (Wildman–Crippen LogP) is 4.47. The summed E-state index contributed by atoms with van der Waals surface area (Å²) in [6, 6.07) is 9.98. The highest BCUT2D eigenvalue weighted by Crippen LogP contribution is 2.35. The Hall–Kier alpha value is -2.46. The predicted molar refractivity (Wildman–Crippen MR) is 80.0 cm³/mol. The molecule has 5 heteroatoms. The van der Waals surface area contributed by atoms with Crippen LogP contribution < -0.4 is 0 Å². The number of halogens is 1. The number of carboxylic acid groups (broad SMARTS) is 1. The van der Waals surface area contributed by atoms with Gasteiger partial charge in [0.15, 0.2) is 5.22 Å². The van der Waals surface area contributed by atoms with Gasteiger partial charge in [0.25, 0.3) is 0 Å². The SMILES string of the molecule is Cc1cc(-c2ccc(C(=O)O)c(O)c2)c2oc(Cl)cc2c1. The topological polar surface area (TPSA) is 70.7 Å². The van der Waals surface area contributed by atoms with E-state index in [1.807, 2.05) is 19.1 Å². The van der Waals surface area contributed by atoms with Crippen molar-refractivity contribution in [3.05, 3.63) is 52.7 Å². The summed E-state index contributed by atoms with van der Waals surface area (Å²) in [7, 11) is 0. The molecule has 1 aromatic heterocycles. The first-order chi connectivity index (χ1) is 9.95. The van der Waals surface area contributed by atoms with Crippen molar-refractivity contribution in [2.45, 2.75) is 6.92 Å². The second-order valence-corrected chi connectivity index (χ2v) is 5.19. The fourth-order valence-corrected chi connectivity index (χ4v) is 2.56. The van der Waals surface area contributed by atoms with Gasteiger partial charge in [-0.1, -0.05) is 6.07 Å². The summed E-state index contributed by atoms with van der Waals surface area (Å²) in [5.74, 6) is -1.46. The van der Waals surface area contributed by atoms with Gasteiger partial charge in [-0.3, -0.25) is 0 Å². The Bertz CT molecular complexity index is 864. The Morgan fingerprint density at radius 2 is 1.95 bits per heavy atom. The minimum Gasteiger partial charge on any atom is -0.507 e. The molecule has 0 radical (unpaired) electrons. The number of rotatable bonds is 2. The zero-order valence-corrected chi connectivity index (χ0v) is 11.8. The molecular weight excluding hydrogens is 292 g/mol. The molecule has 2 aromatic carbocycles. The summed E-state index contributed by atoms with van der Waals surface area (Å²) in [6.45, 7) is 1.94. The number of aryl methyl sites for hydroxylation is 1. The summed E-state index contributed by atoms with van der Waals surface area (Å²) in [6.07, 6.45) is 0. The van der Waals surface area contributed by atoms with Crippen molar-refractivity contribution in [3.8, 4) is 16.9 Å². The molecule has 0 atom stereocenters. The standard InChI is InChI=1S/C16H11ClO4/c1-8-4-10-7-14(17)21-15(10)12(5-8)9-2-3-11(16(19)20)13(18)6-9/h2-7,18H,1H3,(H,19,20). The lowest BCUT2D eigenvalue weighted by Gasteiger charge is -2.07. The largest absolute Gasteiger partial charge is 0.507 e. The average Bonchev–Trinajstić information content (AvgIpc) is 2.77. The fourth-order valence-electron chi connectivity index (χ4n) is 2.37. The van der Waals surface area contributed by atoms with Crippen LogP contribution in [-0.4, -0.2) is 16.2 Å². The molecule has 2 N–H and O–H groups in total. The monoisotopic (exact) mass is 302 g/mol. The van der Waals surface area contributed by atoms with E-state index in [0.717, 1.165) is 16.5 Å². The molecule has 0 unspecified atom stereocenters. The van der Waals surface area contributed by atoms with Crippen LogP contribution in [-0.2, 0) is 0 Å². The maximum absolute atomic E-state index is 10.9. The van der Waals surface area contributed by atoms with E-state index >= 15 is 0 Å². The molecule has 0 aliphatic rings. The van der Waals surface area contributed by atoms with Gasteiger partial charge in [0.1, 0.15) is 16.9 Å². The second-order valence-electron chi connectivity index (χ2n) is 4.82. The van der Waals surface area contributed by atoms with Crippen LogP contribution in [0.3, 0.4) is 0 Å². The van der Waals surface area contributed by atoms with Crippen molar-refractivity contribution in [1.29, 1.82) is 0 Å². The van der Waals surface area contributed by atoms with Crippen molar-refractivity contribution in [1.82, 2.24) is 0 Å². The Morgan fingerprint density at radius 1 is 1.19 bits per heavy atom. The molecule has 0 fully saturated rings. The van der Waals surface area contributed by atoms with E-state index in [9.17, 15) is 9.90 Å². The van der Waals surface area contributed by atoms with Gasteiger partial charge < -0.3 is 14.6 Å². The highest BCUT2D eigenvalue weighted by molar-refractivity contribution is 6.30. The quantitative estimate of drug-likeness (QED) is 0.733. The lowest BCUT2D eigenvalue weighted by atomic mass is 9.99. The molecule has 1 heterocycles. The van der Waals surface area contributed by atoms with E-state index in [1.54, 1.807) is 12.1 Å². The number of benzene rings is 2. The lowest BCUT2D eigenvalue weighted by molar-refractivity contribution is 0.0694. The van der Waals surface area contributed by atoms with Crippen molar-refractivity contribution < 1.29 is 19.4 Å².